The second-order valence-electron chi connectivity index (χ2n) is 6.80. The summed E-state index contributed by atoms with van der Waals surface area (Å²) in [5, 5.41) is 0. The Kier molecular flexibility index (Phi) is 3.55. The number of ether oxygens (including phenoxy) is 1. The molecular formula is C16H24N4O. The number of hydrogen-bond donors (Lipinski definition) is 0. The predicted octanol–water partition coefficient (Wildman–Crippen LogP) is 1.56. The molecule has 0 aromatic carbocycles. The first-order valence-corrected chi connectivity index (χ1v) is 8.20. The number of morpholine rings is 1. The van der Waals surface area contributed by atoms with Crippen molar-refractivity contribution in [1.29, 1.82) is 0 Å². The Bertz CT molecular complexity index is 474. The minimum atomic E-state index is 0.00289. The van der Waals surface area contributed by atoms with Crippen molar-refractivity contribution in [3.05, 3.63) is 18.6 Å². The summed E-state index contributed by atoms with van der Waals surface area (Å²) in [5.74, 6) is 1.94. The molecule has 3 aliphatic rings. The Morgan fingerprint density at radius 3 is 3.00 bits per heavy atom. The van der Waals surface area contributed by atoms with Gasteiger partial charge < -0.3 is 9.64 Å². The van der Waals surface area contributed by atoms with Crippen molar-refractivity contribution < 1.29 is 4.74 Å². The topological polar surface area (TPSA) is 41.5 Å². The van der Waals surface area contributed by atoms with Gasteiger partial charge >= 0.3 is 0 Å². The number of piperidine rings is 1. The molecule has 0 unspecified atom stereocenters. The number of anilines is 1. The van der Waals surface area contributed by atoms with Crippen LogP contribution in [0.15, 0.2) is 18.6 Å². The summed E-state index contributed by atoms with van der Waals surface area (Å²) in [6, 6.07) is 0. The van der Waals surface area contributed by atoms with Gasteiger partial charge in [0.1, 0.15) is 5.82 Å². The normalized spacial score (nSPS) is 30.8. The molecule has 1 atom stereocenters. The fraction of sp³-hybridized carbons (Fsp3) is 0.750. The molecule has 3 fully saturated rings. The third-order valence-electron chi connectivity index (χ3n) is 4.95. The molecule has 1 aliphatic carbocycles. The highest BCUT2D eigenvalue weighted by Gasteiger charge is 2.41. The molecule has 5 nitrogen and oxygen atoms in total. The van der Waals surface area contributed by atoms with E-state index in [1.165, 1.54) is 32.2 Å². The molecule has 0 bridgehead atoms. The minimum absolute atomic E-state index is 0.00289. The van der Waals surface area contributed by atoms with Crippen LogP contribution in [0.3, 0.4) is 0 Å². The van der Waals surface area contributed by atoms with E-state index in [2.05, 4.69) is 19.8 Å². The monoisotopic (exact) mass is 288 g/mol. The highest BCUT2D eigenvalue weighted by molar-refractivity contribution is 5.36. The van der Waals surface area contributed by atoms with Gasteiger partial charge in [-0.15, -0.1) is 0 Å². The smallest absolute Gasteiger partial charge is 0.147 e. The van der Waals surface area contributed by atoms with Crippen molar-refractivity contribution in [2.75, 3.05) is 44.2 Å². The fourth-order valence-corrected chi connectivity index (χ4v) is 3.74. The van der Waals surface area contributed by atoms with Gasteiger partial charge in [0.25, 0.3) is 0 Å². The van der Waals surface area contributed by atoms with Crippen molar-refractivity contribution in [3.8, 4) is 0 Å². The second kappa shape index (κ2) is 5.54. The average molecular weight is 288 g/mol. The van der Waals surface area contributed by atoms with Gasteiger partial charge in [-0.1, -0.05) is 0 Å². The van der Waals surface area contributed by atoms with Gasteiger partial charge in [0, 0.05) is 45.1 Å². The predicted molar refractivity (Wildman–Crippen MR) is 81.3 cm³/mol. The number of rotatable bonds is 3. The first-order valence-electron chi connectivity index (χ1n) is 8.20. The van der Waals surface area contributed by atoms with Gasteiger partial charge in [-0.25, -0.2) is 4.98 Å². The summed E-state index contributed by atoms with van der Waals surface area (Å²) in [6.07, 6.45) is 10.6. The highest BCUT2D eigenvalue weighted by atomic mass is 16.5. The second-order valence-corrected chi connectivity index (χ2v) is 6.80. The van der Waals surface area contributed by atoms with Crippen LogP contribution in [0.25, 0.3) is 0 Å². The first-order chi connectivity index (χ1) is 10.3. The molecule has 2 saturated heterocycles. The summed E-state index contributed by atoms with van der Waals surface area (Å²) in [7, 11) is 0. The molecule has 1 spiro atoms. The van der Waals surface area contributed by atoms with Gasteiger partial charge in [-0.05, 0) is 31.6 Å². The first kappa shape index (κ1) is 13.5. The Labute approximate surface area is 126 Å². The van der Waals surface area contributed by atoms with E-state index >= 15 is 0 Å². The van der Waals surface area contributed by atoms with Gasteiger partial charge in [-0.3, -0.25) is 9.88 Å². The number of hydrogen-bond acceptors (Lipinski definition) is 5. The molecule has 3 heterocycles. The third kappa shape index (κ3) is 3.04. The van der Waals surface area contributed by atoms with Crippen LogP contribution < -0.4 is 4.90 Å². The summed E-state index contributed by atoms with van der Waals surface area (Å²) in [5.41, 5.74) is 0.00289. The molecule has 1 saturated carbocycles. The standard InChI is InChI=1S/C16H24N4O/c1-4-16(12-19(8-9-21-16)11-14-2-3-14)13-20(7-1)15-10-17-5-6-18-15/h5-6,10,14H,1-4,7-9,11-13H2/t16-/m1/s1. The van der Waals surface area contributed by atoms with Crippen molar-refractivity contribution in [2.45, 2.75) is 31.3 Å². The maximum atomic E-state index is 6.26. The molecule has 5 heteroatoms. The van der Waals surface area contributed by atoms with E-state index in [0.717, 1.165) is 44.5 Å². The van der Waals surface area contributed by atoms with Gasteiger partial charge in [0.05, 0.1) is 18.4 Å². The van der Waals surface area contributed by atoms with E-state index in [1.807, 2.05) is 6.20 Å². The zero-order chi connectivity index (χ0) is 14.1. The van der Waals surface area contributed by atoms with E-state index in [1.54, 1.807) is 12.4 Å². The Morgan fingerprint density at radius 1 is 1.24 bits per heavy atom. The minimum Gasteiger partial charge on any atom is -0.370 e. The van der Waals surface area contributed by atoms with Gasteiger partial charge in [-0.2, -0.15) is 0 Å². The van der Waals surface area contributed by atoms with Crippen molar-refractivity contribution in [2.24, 2.45) is 5.92 Å². The molecule has 21 heavy (non-hydrogen) atoms. The van der Waals surface area contributed by atoms with Crippen molar-refractivity contribution >= 4 is 5.82 Å². The van der Waals surface area contributed by atoms with Gasteiger partial charge in [0.15, 0.2) is 0 Å². The van der Waals surface area contributed by atoms with Crippen molar-refractivity contribution in [3.63, 3.8) is 0 Å². The van der Waals surface area contributed by atoms with E-state index < -0.39 is 0 Å². The molecule has 0 N–H and O–H groups in total. The van der Waals surface area contributed by atoms with Crippen LogP contribution >= 0.6 is 0 Å². The van der Waals surface area contributed by atoms with Crippen molar-refractivity contribution in [1.82, 2.24) is 14.9 Å². The Morgan fingerprint density at radius 2 is 2.19 bits per heavy atom. The molecule has 0 radical (unpaired) electrons. The van der Waals surface area contributed by atoms with Crippen LogP contribution in [0.1, 0.15) is 25.7 Å². The van der Waals surface area contributed by atoms with Crippen LogP contribution in [-0.4, -0.2) is 59.8 Å². The van der Waals surface area contributed by atoms with Gasteiger partial charge in [0.2, 0.25) is 0 Å². The van der Waals surface area contributed by atoms with E-state index in [4.69, 9.17) is 4.74 Å². The van der Waals surface area contributed by atoms with Crippen LogP contribution in [-0.2, 0) is 4.74 Å². The zero-order valence-corrected chi connectivity index (χ0v) is 12.6. The van der Waals surface area contributed by atoms with E-state index in [0.29, 0.717) is 0 Å². The molecule has 1 aromatic heterocycles. The summed E-state index contributed by atoms with van der Waals surface area (Å²) in [4.78, 5) is 13.6. The van der Waals surface area contributed by atoms with E-state index in [-0.39, 0.29) is 5.60 Å². The molecule has 114 valence electrons. The average Bonchev–Trinajstić information content (AvgIpc) is 3.32. The molecular weight excluding hydrogens is 264 g/mol. The molecule has 2 aliphatic heterocycles. The lowest BCUT2D eigenvalue weighted by Crippen LogP contribution is -2.60. The third-order valence-corrected chi connectivity index (χ3v) is 4.95. The maximum Gasteiger partial charge on any atom is 0.147 e. The van der Waals surface area contributed by atoms with Crippen LogP contribution in [0, 0.1) is 5.92 Å². The quantitative estimate of drug-likeness (QED) is 0.844. The van der Waals surface area contributed by atoms with Crippen LogP contribution in [0.4, 0.5) is 5.82 Å². The lowest BCUT2D eigenvalue weighted by molar-refractivity contribution is -0.115. The largest absolute Gasteiger partial charge is 0.370 e. The zero-order valence-electron chi connectivity index (χ0n) is 12.6. The SMILES string of the molecule is c1cnc(N2CCC[C@@]3(CN(CC4CC4)CCO3)C2)cn1. The highest BCUT2D eigenvalue weighted by Crippen LogP contribution is 2.34. The lowest BCUT2D eigenvalue weighted by atomic mass is 9.90. The lowest BCUT2D eigenvalue weighted by Gasteiger charge is -2.48. The summed E-state index contributed by atoms with van der Waals surface area (Å²) >= 11 is 0. The molecule has 4 rings (SSSR count). The van der Waals surface area contributed by atoms with Crippen LogP contribution in [0.2, 0.25) is 0 Å². The molecule has 1 aromatic rings. The Hall–Kier alpha value is -1.20. The van der Waals surface area contributed by atoms with E-state index in [9.17, 15) is 0 Å². The van der Waals surface area contributed by atoms with Crippen LogP contribution in [0.5, 0.6) is 0 Å². The Balaban J connectivity index is 1.45. The summed E-state index contributed by atoms with van der Waals surface area (Å²) in [6.45, 7) is 6.35. The number of nitrogens with zero attached hydrogens (tertiary/aromatic N) is 4. The maximum absolute atomic E-state index is 6.26. The fourth-order valence-electron chi connectivity index (χ4n) is 3.74. The summed E-state index contributed by atoms with van der Waals surface area (Å²) < 4.78 is 6.26. The number of aromatic nitrogens is 2. The molecule has 0 amide bonds.